The standard InChI is InChI=1S/C33H34N2/c1-22-6-2-3-7-23(22)18-20-34-29-16-12-25-11-15-28-31(35-21-19-24-8-4-5-9-30(24)35)17-13-26-10-14-27(29)32(25)33(26)28/h2,4-6,8-17,22-23,26,33-34H,3,7,18-21H2,1H3/t22-,23?,26?,33?/m1/s1. The highest BCUT2D eigenvalue weighted by Gasteiger charge is 2.37. The molecule has 2 aromatic rings. The highest BCUT2D eigenvalue weighted by molar-refractivity contribution is 5.82. The Kier molecular flexibility index (Phi) is 5.08. The minimum Gasteiger partial charge on any atom is -0.385 e. The summed E-state index contributed by atoms with van der Waals surface area (Å²) in [7, 11) is 0. The van der Waals surface area contributed by atoms with Crippen molar-refractivity contribution in [1.82, 2.24) is 0 Å². The number of nitrogens with one attached hydrogen (secondary N) is 1. The third-order valence-electron chi connectivity index (χ3n) is 8.95. The van der Waals surface area contributed by atoms with Crippen LogP contribution in [0, 0.1) is 17.8 Å². The molecule has 2 nitrogen and oxygen atoms in total. The summed E-state index contributed by atoms with van der Waals surface area (Å²) in [6, 6.07) is 13.5. The third-order valence-corrected chi connectivity index (χ3v) is 8.95. The SMILES string of the molecule is C[C@@H]1C=CCCC1CCNc1ccc2c3c1C=CC1C=CC(N4CCc5ccccc54)=C(C=C2)C31. The van der Waals surface area contributed by atoms with Crippen molar-refractivity contribution in [3.05, 3.63) is 106 Å². The molecule has 1 N–H and O–H groups in total. The van der Waals surface area contributed by atoms with Gasteiger partial charge >= 0.3 is 0 Å². The van der Waals surface area contributed by atoms with Gasteiger partial charge in [0.1, 0.15) is 0 Å². The summed E-state index contributed by atoms with van der Waals surface area (Å²) < 4.78 is 0. The molecule has 0 spiro atoms. The topological polar surface area (TPSA) is 15.3 Å². The second-order valence-corrected chi connectivity index (χ2v) is 10.8. The Hall–Kier alpha value is -3.26. The maximum Gasteiger partial charge on any atom is 0.0447 e. The quantitative estimate of drug-likeness (QED) is 0.461. The van der Waals surface area contributed by atoms with Crippen LogP contribution in [0.2, 0.25) is 0 Å². The van der Waals surface area contributed by atoms with Gasteiger partial charge < -0.3 is 10.2 Å². The Morgan fingerprint density at radius 2 is 1.89 bits per heavy atom. The first kappa shape index (κ1) is 21.1. The van der Waals surface area contributed by atoms with E-state index in [1.54, 1.807) is 0 Å². The molecular weight excluding hydrogens is 424 g/mol. The monoisotopic (exact) mass is 458 g/mol. The molecule has 0 radical (unpaired) electrons. The number of anilines is 2. The number of hydrogen-bond acceptors (Lipinski definition) is 2. The van der Waals surface area contributed by atoms with Gasteiger partial charge in [-0.1, -0.05) is 73.7 Å². The summed E-state index contributed by atoms with van der Waals surface area (Å²) in [4.78, 5) is 2.55. The van der Waals surface area contributed by atoms with E-state index in [1.165, 1.54) is 64.2 Å². The van der Waals surface area contributed by atoms with E-state index < -0.39 is 0 Å². The zero-order valence-corrected chi connectivity index (χ0v) is 20.6. The molecule has 0 amide bonds. The summed E-state index contributed by atoms with van der Waals surface area (Å²) in [5.74, 6) is 2.35. The lowest BCUT2D eigenvalue weighted by atomic mass is 9.68. The molecular formula is C33H34N2. The third kappa shape index (κ3) is 3.45. The van der Waals surface area contributed by atoms with E-state index in [1.807, 2.05) is 0 Å². The predicted octanol–water partition coefficient (Wildman–Crippen LogP) is 7.73. The number of para-hydroxylation sites is 1. The number of rotatable bonds is 5. The summed E-state index contributed by atoms with van der Waals surface area (Å²) >= 11 is 0. The first-order valence-electron chi connectivity index (χ1n) is 13.5. The molecule has 0 saturated heterocycles. The second-order valence-electron chi connectivity index (χ2n) is 10.8. The minimum atomic E-state index is 0.410. The highest BCUT2D eigenvalue weighted by Crippen LogP contribution is 2.51. The molecule has 1 aliphatic heterocycles. The maximum absolute atomic E-state index is 3.84. The van der Waals surface area contributed by atoms with Crippen LogP contribution in [0.25, 0.3) is 12.2 Å². The molecule has 7 rings (SSSR count). The van der Waals surface area contributed by atoms with E-state index in [-0.39, 0.29) is 0 Å². The number of nitrogens with zero attached hydrogens (tertiary/aromatic N) is 1. The maximum atomic E-state index is 3.84. The summed E-state index contributed by atoms with van der Waals surface area (Å²) in [5.41, 5.74) is 11.3. The van der Waals surface area contributed by atoms with Gasteiger partial charge in [-0.2, -0.15) is 0 Å². The van der Waals surface area contributed by atoms with Crippen LogP contribution in [-0.4, -0.2) is 13.1 Å². The van der Waals surface area contributed by atoms with Crippen LogP contribution in [0.5, 0.6) is 0 Å². The zero-order valence-electron chi connectivity index (χ0n) is 20.6. The Bertz CT molecular complexity index is 1320. The molecule has 0 bridgehead atoms. The van der Waals surface area contributed by atoms with Gasteiger partial charge in [0.2, 0.25) is 0 Å². The lowest BCUT2D eigenvalue weighted by Crippen LogP contribution is -2.29. The van der Waals surface area contributed by atoms with Crippen molar-refractivity contribution in [1.29, 1.82) is 0 Å². The lowest BCUT2D eigenvalue weighted by Gasteiger charge is -2.39. The van der Waals surface area contributed by atoms with Crippen molar-refractivity contribution in [3.8, 4) is 0 Å². The van der Waals surface area contributed by atoms with Crippen molar-refractivity contribution < 1.29 is 0 Å². The van der Waals surface area contributed by atoms with E-state index >= 15 is 0 Å². The van der Waals surface area contributed by atoms with E-state index in [0.717, 1.165) is 25.4 Å². The van der Waals surface area contributed by atoms with Crippen LogP contribution in [0.15, 0.2) is 84.1 Å². The van der Waals surface area contributed by atoms with Gasteiger partial charge in [-0.3, -0.25) is 0 Å². The van der Waals surface area contributed by atoms with Gasteiger partial charge in [-0.05, 0) is 78.0 Å². The molecule has 4 atom stereocenters. The smallest absolute Gasteiger partial charge is 0.0447 e. The number of hydrogen-bond donors (Lipinski definition) is 1. The van der Waals surface area contributed by atoms with Gasteiger partial charge in [0.25, 0.3) is 0 Å². The van der Waals surface area contributed by atoms with Crippen LogP contribution in [0.1, 0.15) is 54.4 Å². The van der Waals surface area contributed by atoms with Crippen molar-refractivity contribution in [2.24, 2.45) is 17.8 Å². The lowest BCUT2D eigenvalue weighted by molar-refractivity contribution is 0.362. The van der Waals surface area contributed by atoms with E-state index in [2.05, 4.69) is 102 Å². The zero-order chi connectivity index (χ0) is 23.4. The first-order valence-corrected chi connectivity index (χ1v) is 13.5. The second kappa shape index (κ2) is 8.45. The average molecular weight is 459 g/mol. The molecule has 0 fully saturated rings. The number of allylic oxidation sites excluding steroid dienone is 7. The number of benzene rings is 2. The Balaban J connectivity index is 1.21. The fourth-order valence-electron chi connectivity index (χ4n) is 7.03. The van der Waals surface area contributed by atoms with Crippen molar-refractivity contribution >= 4 is 23.5 Å². The van der Waals surface area contributed by atoms with Gasteiger partial charge in [0.05, 0.1) is 0 Å². The van der Waals surface area contributed by atoms with Crippen LogP contribution < -0.4 is 10.2 Å². The predicted molar refractivity (Wildman–Crippen MR) is 149 cm³/mol. The van der Waals surface area contributed by atoms with Crippen LogP contribution >= 0.6 is 0 Å². The molecule has 4 aliphatic carbocycles. The normalized spacial score (nSPS) is 27.3. The molecule has 2 aromatic carbocycles. The van der Waals surface area contributed by atoms with E-state index in [4.69, 9.17) is 0 Å². The van der Waals surface area contributed by atoms with E-state index in [0.29, 0.717) is 17.8 Å². The van der Waals surface area contributed by atoms with Crippen molar-refractivity contribution in [3.63, 3.8) is 0 Å². The summed E-state index contributed by atoms with van der Waals surface area (Å²) in [6.45, 7) is 4.49. The van der Waals surface area contributed by atoms with Gasteiger partial charge in [-0.25, -0.2) is 0 Å². The van der Waals surface area contributed by atoms with Crippen LogP contribution in [-0.2, 0) is 6.42 Å². The molecule has 176 valence electrons. The van der Waals surface area contributed by atoms with Crippen LogP contribution in [0.4, 0.5) is 11.4 Å². The fourth-order valence-corrected chi connectivity index (χ4v) is 7.03. The highest BCUT2D eigenvalue weighted by atomic mass is 15.2. The van der Waals surface area contributed by atoms with Crippen LogP contribution in [0.3, 0.4) is 0 Å². The van der Waals surface area contributed by atoms with Gasteiger partial charge in [0.15, 0.2) is 0 Å². The molecule has 3 unspecified atom stereocenters. The Labute approximate surface area is 209 Å². The van der Waals surface area contributed by atoms with Crippen molar-refractivity contribution in [2.75, 3.05) is 23.3 Å². The molecule has 35 heavy (non-hydrogen) atoms. The van der Waals surface area contributed by atoms with Crippen molar-refractivity contribution in [2.45, 2.75) is 38.5 Å². The average Bonchev–Trinajstić information content (AvgIpc) is 3.33. The minimum absolute atomic E-state index is 0.410. The largest absolute Gasteiger partial charge is 0.385 e. The Morgan fingerprint density at radius 1 is 0.971 bits per heavy atom. The summed E-state index contributed by atoms with van der Waals surface area (Å²) in [5, 5.41) is 3.84. The molecule has 0 saturated carbocycles. The van der Waals surface area contributed by atoms with E-state index in [9.17, 15) is 0 Å². The Morgan fingerprint density at radius 3 is 2.83 bits per heavy atom. The molecule has 0 aromatic heterocycles. The molecule has 2 heteroatoms. The first-order chi connectivity index (χ1) is 17.3. The van der Waals surface area contributed by atoms with Gasteiger partial charge in [0, 0.05) is 47.6 Å². The summed E-state index contributed by atoms with van der Waals surface area (Å²) in [6.07, 6.45) is 24.1. The number of fused-ring (bicyclic) bond motifs is 1. The molecule has 5 aliphatic rings. The molecule has 1 heterocycles. The van der Waals surface area contributed by atoms with Gasteiger partial charge in [-0.15, -0.1) is 0 Å². The fraction of sp³-hybridized carbons (Fsp3) is 0.333.